The van der Waals surface area contributed by atoms with Crippen LogP contribution in [0, 0.1) is 5.82 Å². The number of rotatable bonds is 7. The molecular weight excluding hydrogens is 339 g/mol. The molecule has 2 rings (SSSR count). The molecule has 26 heavy (non-hydrogen) atoms. The van der Waals surface area contributed by atoms with Crippen molar-refractivity contribution < 1.29 is 23.5 Å². The van der Waals surface area contributed by atoms with Gasteiger partial charge in [-0.2, -0.15) is 0 Å². The molecule has 0 bridgehead atoms. The largest absolute Gasteiger partial charge is 0.483 e. The molecule has 0 aliphatic carbocycles. The lowest BCUT2D eigenvalue weighted by Crippen LogP contribution is -2.48. The Morgan fingerprint density at radius 3 is 2.46 bits per heavy atom. The van der Waals surface area contributed by atoms with Crippen LogP contribution in [0.1, 0.15) is 19.4 Å². The minimum atomic E-state index is -0.873. The fourth-order valence-electron chi connectivity index (χ4n) is 2.12. The maximum Gasteiger partial charge on any atom is 0.279 e. The SMILES string of the molecule is CCc1ccccc1OCC(=O)NNC(=O)C(C)Oc1ccc(F)cc1. The summed E-state index contributed by atoms with van der Waals surface area (Å²) in [5, 5.41) is 0. The Labute approximate surface area is 151 Å². The highest BCUT2D eigenvalue weighted by Gasteiger charge is 2.15. The first-order chi connectivity index (χ1) is 12.5. The van der Waals surface area contributed by atoms with Crippen molar-refractivity contribution in [2.75, 3.05) is 6.61 Å². The summed E-state index contributed by atoms with van der Waals surface area (Å²) in [6, 6.07) is 12.7. The average Bonchev–Trinajstić information content (AvgIpc) is 2.66. The molecule has 7 heteroatoms. The van der Waals surface area contributed by atoms with E-state index < -0.39 is 23.7 Å². The predicted molar refractivity (Wildman–Crippen MR) is 94.1 cm³/mol. The number of ether oxygens (including phenoxy) is 2. The minimum Gasteiger partial charge on any atom is -0.483 e. The van der Waals surface area contributed by atoms with Crippen LogP contribution in [0.3, 0.4) is 0 Å². The van der Waals surface area contributed by atoms with E-state index in [0.717, 1.165) is 12.0 Å². The number of nitrogens with one attached hydrogen (secondary N) is 2. The number of carbonyl (C=O) groups is 2. The molecular formula is C19H21FN2O4. The molecule has 0 fully saturated rings. The molecule has 6 nitrogen and oxygen atoms in total. The third-order valence-corrected chi connectivity index (χ3v) is 3.53. The molecule has 2 aromatic rings. The molecule has 0 radical (unpaired) electrons. The highest BCUT2D eigenvalue weighted by molar-refractivity contribution is 5.85. The smallest absolute Gasteiger partial charge is 0.279 e. The Hall–Kier alpha value is -3.09. The van der Waals surface area contributed by atoms with Gasteiger partial charge in [0.1, 0.15) is 17.3 Å². The van der Waals surface area contributed by atoms with E-state index in [1.54, 1.807) is 6.07 Å². The predicted octanol–water partition coefficient (Wildman–Crippen LogP) is 2.38. The number of hydrogen-bond acceptors (Lipinski definition) is 4. The Balaban J connectivity index is 1.75. The highest BCUT2D eigenvalue weighted by atomic mass is 19.1. The molecule has 0 aliphatic rings. The Morgan fingerprint density at radius 1 is 1.08 bits per heavy atom. The van der Waals surface area contributed by atoms with Gasteiger partial charge in [-0.3, -0.25) is 20.4 Å². The maximum absolute atomic E-state index is 12.8. The third-order valence-electron chi connectivity index (χ3n) is 3.53. The van der Waals surface area contributed by atoms with Gasteiger partial charge in [-0.25, -0.2) is 4.39 Å². The molecule has 0 aromatic heterocycles. The maximum atomic E-state index is 12.8. The van der Waals surface area contributed by atoms with E-state index in [0.29, 0.717) is 11.5 Å². The number of hydrazine groups is 1. The van der Waals surface area contributed by atoms with Gasteiger partial charge in [0.05, 0.1) is 0 Å². The summed E-state index contributed by atoms with van der Waals surface area (Å²) in [6.45, 7) is 3.27. The van der Waals surface area contributed by atoms with Crippen LogP contribution >= 0.6 is 0 Å². The van der Waals surface area contributed by atoms with Crippen molar-refractivity contribution in [3.05, 3.63) is 59.9 Å². The highest BCUT2D eigenvalue weighted by Crippen LogP contribution is 2.18. The number of carbonyl (C=O) groups excluding carboxylic acids is 2. The van der Waals surface area contributed by atoms with Gasteiger partial charge < -0.3 is 9.47 Å². The van der Waals surface area contributed by atoms with E-state index in [4.69, 9.17) is 9.47 Å². The lowest BCUT2D eigenvalue weighted by atomic mass is 10.1. The number of para-hydroxylation sites is 1. The summed E-state index contributed by atoms with van der Waals surface area (Å²) in [5.74, 6) is -0.467. The second-order valence-electron chi connectivity index (χ2n) is 5.50. The van der Waals surface area contributed by atoms with Gasteiger partial charge in [-0.1, -0.05) is 25.1 Å². The number of halogens is 1. The zero-order valence-electron chi connectivity index (χ0n) is 14.6. The molecule has 2 N–H and O–H groups in total. The van der Waals surface area contributed by atoms with Crippen molar-refractivity contribution in [2.24, 2.45) is 0 Å². The van der Waals surface area contributed by atoms with Crippen molar-refractivity contribution in [3.8, 4) is 11.5 Å². The zero-order valence-corrected chi connectivity index (χ0v) is 14.6. The van der Waals surface area contributed by atoms with Crippen LogP contribution in [0.15, 0.2) is 48.5 Å². The van der Waals surface area contributed by atoms with Crippen LogP contribution in [0.4, 0.5) is 4.39 Å². The van der Waals surface area contributed by atoms with Crippen LogP contribution in [0.5, 0.6) is 11.5 Å². The summed E-state index contributed by atoms with van der Waals surface area (Å²) in [4.78, 5) is 23.7. The first kappa shape index (κ1) is 19.2. The van der Waals surface area contributed by atoms with E-state index in [2.05, 4.69) is 10.9 Å². The minimum absolute atomic E-state index is 0.232. The molecule has 2 amide bonds. The number of benzene rings is 2. The van der Waals surface area contributed by atoms with Crippen LogP contribution < -0.4 is 20.3 Å². The topological polar surface area (TPSA) is 76.7 Å². The molecule has 0 saturated heterocycles. The van der Waals surface area contributed by atoms with Crippen LogP contribution in [-0.4, -0.2) is 24.5 Å². The van der Waals surface area contributed by atoms with Gasteiger partial charge in [0, 0.05) is 0 Å². The molecule has 138 valence electrons. The van der Waals surface area contributed by atoms with Crippen molar-refractivity contribution in [1.29, 1.82) is 0 Å². The number of amides is 2. The molecule has 0 saturated carbocycles. The lowest BCUT2D eigenvalue weighted by Gasteiger charge is -2.15. The first-order valence-corrected chi connectivity index (χ1v) is 8.21. The Kier molecular flexibility index (Phi) is 6.96. The van der Waals surface area contributed by atoms with E-state index in [9.17, 15) is 14.0 Å². The van der Waals surface area contributed by atoms with E-state index in [1.165, 1.54) is 31.2 Å². The summed E-state index contributed by atoms with van der Waals surface area (Å²) in [6.07, 6.45) is -0.0882. The number of hydrogen-bond donors (Lipinski definition) is 2. The van der Waals surface area contributed by atoms with E-state index >= 15 is 0 Å². The van der Waals surface area contributed by atoms with Crippen molar-refractivity contribution in [3.63, 3.8) is 0 Å². The zero-order chi connectivity index (χ0) is 18.9. The fraction of sp³-hybridized carbons (Fsp3) is 0.263. The Morgan fingerprint density at radius 2 is 1.77 bits per heavy atom. The van der Waals surface area contributed by atoms with Gasteiger partial charge in [0.2, 0.25) is 0 Å². The van der Waals surface area contributed by atoms with Gasteiger partial charge in [-0.15, -0.1) is 0 Å². The molecule has 0 heterocycles. The summed E-state index contributed by atoms with van der Waals surface area (Å²) >= 11 is 0. The summed E-state index contributed by atoms with van der Waals surface area (Å²) in [5.41, 5.74) is 5.51. The number of aryl methyl sites for hydroxylation is 1. The Bertz CT molecular complexity index is 749. The van der Waals surface area contributed by atoms with Gasteiger partial charge in [0.15, 0.2) is 12.7 Å². The van der Waals surface area contributed by atoms with E-state index in [1.807, 2.05) is 25.1 Å². The lowest BCUT2D eigenvalue weighted by molar-refractivity contribution is -0.133. The third kappa shape index (κ3) is 5.77. The summed E-state index contributed by atoms with van der Waals surface area (Å²) in [7, 11) is 0. The molecule has 0 spiro atoms. The van der Waals surface area contributed by atoms with Crippen LogP contribution in [0.2, 0.25) is 0 Å². The van der Waals surface area contributed by atoms with Gasteiger partial charge in [-0.05, 0) is 49.2 Å². The van der Waals surface area contributed by atoms with Gasteiger partial charge in [0.25, 0.3) is 11.8 Å². The molecule has 1 unspecified atom stereocenters. The van der Waals surface area contributed by atoms with Gasteiger partial charge >= 0.3 is 0 Å². The average molecular weight is 360 g/mol. The molecule has 0 aliphatic heterocycles. The fourth-order valence-corrected chi connectivity index (χ4v) is 2.12. The summed E-state index contributed by atoms with van der Waals surface area (Å²) < 4.78 is 23.7. The van der Waals surface area contributed by atoms with Crippen LogP contribution in [0.25, 0.3) is 0 Å². The first-order valence-electron chi connectivity index (χ1n) is 8.21. The monoisotopic (exact) mass is 360 g/mol. The van der Waals surface area contributed by atoms with Crippen LogP contribution in [-0.2, 0) is 16.0 Å². The van der Waals surface area contributed by atoms with E-state index in [-0.39, 0.29) is 6.61 Å². The second kappa shape index (κ2) is 9.41. The molecule has 2 aromatic carbocycles. The van der Waals surface area contributed by atoms with Crippen molar-refractivity contribution >= 4 is 11.8 Å². The molecule has 1 atom stereocenters. The normalized spacial score (nSPS) is 11.3. The van der Waals surface area contributed by atoms with Crippen molar-refractivity contribution in [2.45, 2.75) is 26.4 Å². The van der Waals surface area contributed by atoms with Crippen molar-refractivity contribution in [1.82, 2.24) is 10.9 Å². The second-order valence-corrected chi connectivity index (χ2v) is 5.50. The quantitative estimate of drug-likeness (QED) is 0.744. The standard InChI is InChI=1S/C19H21FN2O4/c1-3-14-6-4-5-7-17(14)25-12-18(23)21-22-19(24)13(2)26-16-10-8-15(20)9-11-16/h4-11,13H,3,12H2,1-2H3,(H,21,23)(H,22,24).